The Kier molecular flexibility index (Phi) is 2.41. The van der Waals surface area contributed by atoms with Crippen molar-refractivity contribution >= 4 is 11.0 Å². The Hall–Kier alpha value is -1.84. The zero-order valence-corrected chi connectivity index (χ0v) is 8.94. The van der Waals surface area contributed by atoms with Gasteiger partial charge in [-0.25, -0.2) is 9.97 Å². The summed E-state index contributed by atoms with van der Waals surface area (Å²) in [6, 6.07) is 3.65. The molecule has 1 aromatic heterocycles. The van der Waals surface area contributed by atoms with Gasteiger partial charge < -0.3 is 9.47 Å². The first-order chi connectivity index (χ1) is 7.26. The van der Waals surface area contributed by atoms with Crippen LogP contribution in [0, 0.1) is 6.92 Å². The third-order valence-electron chi connectivity index (χ3n) is 2.19. The molecule has 0 aliphatic carbocycles. The number of aromatic nitrogens is 2. The van der Waals surface area contributed by atoms with E-state index in [1.165, 1.54) is 0 Å². The van der Waals surface area contributed by atoms with Gasteiger partial charge in [0.2, 0.25) is 0 Å². The Balaban J connectivity index is 2.80. The minimum Gasteiger partial charge on any atom is -0.494 e. The maximum Gasteiger partial charge on any atom is 0.146 e. The van der Waals surface area contributed by atoms with Gasteiger partial charge in [-0.3, -0.25) is 0 Å². The summed E-state index contributed by atoms with van der Waals surface area (Å²) in [6.45, 7) is 1.89. The smallest absolute Gasteiger partial charge is 0.146 e. The van der Waals surface area contributed by atoms with Gasteiger partial charge in [-0.2, -0.15) is 0 Å². The van der Waals surface area contributed by atoms with Crippen molar-refractivity contribution in [3.05, 3.63) is 24.0 Å². The van der Waals surface area contributed by atoms with Crippen molar-refractivity contribution in [1.29, 1.82) is 0 Å². The normalized spacial score (nSPS) is 10.3. The average Bonchev–Trinajstić information content (AvgIpc) is 2.27. The van der Waals surface area contributed by atoms with Crippen LogP contribution in [0.4, 0.5) is 0 Å². The topological polar surface area (TPSA) is 44.2 Å². The molecule has 0 aliphatic rings. The predicted molar refractivity (Wildman–Crippen MR) is 57.4 cm³/mol. The van der Waals surface area contributed by atoms with E-state index in [2.05, 4.69) is 9.97 Å². The van der Waals surface area contributed by atoms with Crippen molar-refractivity contribution < 1.29 is 9.47 Å². The van der Waals surface area contributed by atoms with E-state index < -0.39 is 0 Å². The molecule has 0 atom stereocenters. The molecular weight excluding hydrogens is 192 g/mol. The Labute approximate surface area is 87.9 Å². The summed E-state index contributed by atoms with van der Waals surface area (Å²) in [7, 11) is 3.23. The molecule has 0 saturated heterocycles. The molecule has 0 fully saturated rings. The molecular formula is C11H12N2O2. The lowest BCUT2D eigenvalue weighted by atomic mass is 10.2. The molecule has 0 saturated carbocycles. The largest absolute Gasteiger partial charge is 0.494 e. The van der Waals surface area contributed by atoms with Crippen LogP contribution in [0.2, 0.25) is 0 Å². The SMILES string of the molecule is COc1ccc(OC)c2nc(C)cnc12. The lowest BCUT2D eigenvalue weighted by molar-refractivity contribution is 0.409. The molecule has 15 heavy (non-hydrogen) atoms. The Morgan fingerprint density at radius 1 is 1.00 bits per heavy atom. The van der Waals surface area contributed by atoms with E-state index >= 15 is 0 Å². The molecule has 78 valence electrons. The number of benzene rings is 1. The maximum absolute atomic E-state index is 5.22. The van der Waals surface area contributed by atoms with Crippen molar-refractivity contribution in [2.45, 2.75) is 6.92 Å². The molecule has 0 bridgehead atoms. The highest BCUT2D eigenvalue weighted by Gasteiger charge is 2.09. The first kappa shape index (κ1) is 9.71. The second-order valence-electron chi connectivity index (χ2n) is 3.18. The van der Waals surface area contributed by atoms with E-state index in [0.717, 1.165) is 16.7 Å². The van der Waals surface area contributed by atoms with Crippen LogP contribution >= 0.6 is 0 Å². The molecule has 2 aromatic rings. The standard InChI is InChI=1S/C11H12N2O2/c1-7-6-12-10-8(14-2)4-5-9(15-3)11(10)13-7/h4-6H,1-3H3. The van der Waals surface area contributed by atoms with E-state index in [0.29, 0.717) is 11.5 Å². The summed E-state index contributed by atoms with van der Waals surface area (Å²) in [6.07, 6.45) is 1.71. The third-order valence-corrected chi connectivity index (χ3v) is 2.19. The summed E-state index contributed by atoms with van der Waals surface area (Å²) in [4.78, 5) is 8.68. The zero-order valence-electron chi connectivity index (χ0n) is 8.94. The third kappa shape index (κ3) is 1.58. The lowest BCUT2D eigenvalue weighted by Gasteiger charge is -2.08. The van der Waals surface area contributed by atoms with Crippen molar-refractivity contribution in [2.24, 2.45) is 0 Å². The highest BCUT2D eigenvalue weighted by Crippen LogP contribution is 2.29. The Bertz CT molecular complexity index is 497. The fourth-order valence-corrected chi connectivity index (χ4v) is 1.47. The first-order valence-electron chi connectivity index (χ1n) is 4.60. The average molecular weight is 204 g/mol. The molecule has 2 rings (SSSR count). The van der Waals surface area contributed by atoms with Crippen LogP contribution in [0.3, 0.4) is 0 Å². The van der Waals surface area contributed by atoms with Gasteiger partial charge >= 0.3 is 0 Å². The molecule has 0 amide bonds. The van der Waals surface area contributed by atoms with Crippen LogP contribution in [-0.4, -0.2) is 24.2 Å². The summed E-state index contributed by atoms with van der Waals surface area (Å²) in [5, 5.41) is 0. The van der Waals surface area contributed by atoms with Crippen LogP contribution in [0.15, 0.2) is 18.3 Å². The predicted octanol–water partition coefficient (Wildman–Crippen LogP) is 1.96. The van der Waals surface area contributed by atoms with Crippen molar-refractivity contribution in [3.63, 3.8) is 0 Å². The molecule has 0 N–H and O–H groups in total. The monoisotopic (exact) mass is 204 g/mol. The maximum atomic E-state index is 5.22. The Morgan fingerprint density at radius 3 is 2.20 bits per heavy atom. The van der Waals surface area contributed by atoms with E-state index in [-0.39, 0.29) is 0 Å². The van der Waals surface area contributed by atoms with Crippen LogP contribution in [-0.2, 0) is 0 Å². The number of nitrogens with zero attached hydrogens (tertiary/aromatic N) is 2. The van der Waals surface area contributed by atoms with Crippen LogP contribution in [0.5, 0.6) is 11.5 Å². The van der Waals surface area contributed by atoms with Gasteiger partial charge in [0.05, 0.1) is 19.9 Å². The second kappa shape index (κ2) is 3.73. The van der Waals surface area contributed by atoms with Crippen LogP contribution in [0.25, 0.3) is 11.0 Å². The van der Waals surface area contributed by atoms with Gasteiger partial charge in [0.25, 0.3) is 0 Å². The quantitative estimate of drug-likeness (QED) is 0.750. The molecule has 4 heteroatoms. The number of ether oxygens (including phenoxy) is 2. The molecule has 0 spiro atoms. The van der Waals surface area contributed by atoms with E-state index in [1.54, 1.807) is 20.4 Å². The minimum absolute atomic E-state index is 0.707. The highest BCUT2D eigenvalue weighted by molar-refractivity contribution is 5.86. The van der Waals surface area contributed by atoms with E-state index in [9.17, 15) is 0 Å². The van der Waals surface area contributed by atoms with Gasteiger partial charge in [-0.05, 0) is 19.1 Å². The van der Waals surface area contributed by atoms with Crippen LogP contribution in [0.1, 0.15) is 5.69 Å². The number of rotatable bonds is 2. The molecule has 4 nitrogen and oxygen atoms in total. The minimum atomic E-state index is 0.707. The molecule has 0 aliphatic heterocycles. The van der Waals surface area contributed by atoms with Gasteiger partial charge in [-0.15, -0.1) is 0 Å². The van der Waals surface area contributed by atoms with Gasteiger partial charge in [0.1, 0.15) is 22.5 Å². The number of fused-ring (bicyclic) bond motifs is 1. The molecule has 0 unspecified atom stereocenters. The van der Waals surface area contributed by atoms with Crippen LogP contribution < -0.4 is 9.47 Å². The highest BCUT2D eigenvalue weighted by atomic mass is 16.5. The molecule has 1 heterocycles. The van der Waals surface area contributed by atoms with Gasteiger partial charge in [0.15, 0.2) is 0 Å². The number of methoxy groups -OCH3 is 2. The van der Waals surface area contributed by atoms with Gasteiger partial charge in [-0.1, -0.05) is 0 Å². The number of hydrogen-bond acceptors (Lipinski definition) is 4. The van der Waals surface area contributed by atoms with Crippen molar-refractivity contribution in [1.82, 2.24) is 9.97 Å². The van der Waals surface area contributed by atoms with Crippen molar-refractivity contribution in [2.75, 3.05) is 14.2 Å². The Morgan fingerprint density at radius 2 is 1.60 bits per heavy atom. The van der Waals surface area contributed by atoms with Crippen molar-refractivity contribution in [3.8, 4) is 11.5 Å². The zero-order chi connectivity index (χ0) is 10.8. The second-order valence-corrected chi connectivity index (χ2v) is 3.18. The number of hydrogen-bond donors (Lipinski definition) is 0. The summed E-state index contributed by atoms with van der Waals surface area (Å²) in [5.41, 5.74) is 2.31. The van der Waals surface area contributed by atoms with E-state index in [1.807, 2.05) is 19.1 Å². The first-order valence-corrected chi connectivity index (χ1v) is 4.60. The fourth-order valence-electron chi connectivity index (χ4n) is 1.47. The number of aryl methyl sites for hydroxylation is 1. The van der Waals surface area contributed by atoms with E-state index in [4.69, 9.17) is 9.47 Å². The van der Waals surface area contributed by atoms with Gasteiger partial charge in [0, 0.05) is 6.20 Å². The summed E-state index contributed by atoms with van der Waals surface area (Å²) >= 11 is 0. The lowest BCUT2D eigenvalue weighted by Crippen LogP contribution is -1.94. The molecule has 0 radical (unpaired) electrons. The summed E-state index contributed by atoms with van der Waals surface area (Å²) < 4.78 is 10.4. The molecule has 1 aromatic carbocycles. The fraction of sp³-hybridized carbons (Fsp3) is 0.273. The summed E-state index contributed by atoms with van der Waals surface area (Å²) in [5.74, 6) is 1.42.